The van der Waals surface area contributed by atoms with Gasteiger partial charge in [0.2, 0.25) is 11.8 Å². The maximum Gasteiger partial charge on any atom is 0.234 e. The molecule has 2 amide bonds. The monoisotopic (exact) mass is 295 g/mol. The largest absolute Gasteiger partial charge is 0.348 e. The minimum Gasteiger partial charge on any atom is -0.348 e. The molecule has 1 N–H and O–H groups in total. The van der Waals surface area contributed by atoms with E-state index >= 15 is 0 Å². The van der Waals surface area contributed by atoms with Crippen molar-refractivity contribution < 1.29 is 9.59 Å². The van der Waals surface area contributed by atoms with Crippen molar-refractivity contribution in [2.45, 2.75) is 19.9 Å². The molecular formula is C14H21N3O2S. The van der Waals surface area contributed by atoms with Crippen LogP contribution in [0, 0.1) is 0 Å². The highest BCUT2D eigenvalue weighted by molar-refractivity contribution is 7.10. The molecule has 2 rings (SSSR count). The fraction of sp³-hybridized carbons (Fsp3) is 0.571. The number of nitrogens with one attached hydrogen (secondary N) is 1. The number of thiophene rings is 1. The van der Waals surface area contributed by atoms with Gasteiger partial charge in [0.1, 0.15) is 0 Å². The van der Waals surface area contributed by atoms with Gasteiger partial charge in [-0.2, -0.15) is 0 Å². The summed E-state index contributed by atoms with van der Waals surface area (Å²) in [5.41, 5.74) is 0. The van der Waals surface area contributed by atoms with Gasteiger partial charge in [0.15, 0.2) is 0 Å². The van der Waals surface area contributed by atoms with E-state index in [1.165, 1.54) is 4.88 Å². The first-order chi connectivity index (χ1) is 9.56. The molecule has 0 radical (unpaired) electrons. The molecule has 6 heteroatoms. The molecule has 110 valence electrons. The lowest BCUT2D eigenvalue weighted by Crippen LogP contribution is -2.50. The van der Waals surface area contributed by atoms with Crippen LogP contribution in [0.4, 0.5) is 0 Å². The smallest absolute Gasteiger partial charge is 0.234 e. The Labute approximate surface area is 123 Å². The Balaban J connectivity index is 1.74. The number of carbonyl (C=O) groups excluding carboxylic acids is 2. The van der Waals surface area contributed by atoms with Gasteiger partial charge in [-0.15, -0.1) is 11.3 Å². The lowest BCUT2D eigenvalue weighted by Gasteiger charge is -2.33. The maximum atomic E-state index is 12.0. The Morgan fingerprint density at radius 1 is 1.35 bits per heavy atom. The van der Waals surface area contributed by atoms with Gasteiger partial charge < -0.3 is 10.2 Å². The predicted octanol–water partition coefficient (Wildman–Crippen LogP) is 1.09. The van der Waals surface area contributed by atoms with Crippen LogP contribution in [-0.2, 0) is 9.59 Å². The molecule has 1 atom stereocenters. The number of carbonyl (C=O) groups is 2. The van der Waals surface area contributed by atoms with Crippen LogP contribution in [0.1, 0.15) is 24.8 Å². The predicted molar refractivity (Wildman–Crippen MR) is 79.6 cm³/mol. The van der Waals surface area contributed by atoms with E-state index in [2.05, 4.69) is 10.2 Å². The Bertz CT molecular complexity index is 453. The molecule has 0 spiro atoms. The Kier molecular flexibility index (Phi) is 5.14. The van der Waals surface area contributed by atoms with Gasteiger partial charge in [-0.1, -0.05) is 6.07 Å². The minimum absolute atomic E-state index is 0.0437. The zero-order valence-electron chi connectivity index (χ0n) is 12.0. The van der Waals surface area contributed by atoms with Gasteiger partial charge in [-0.3, -0.25) is 14.5 Å². The van der Waals surface area contributed by atoms with E-state index in [1.807, 2.05) is 29.3 Å². The van der Waals surface area contributed by atoms with Crippen molar-refractivity contribution in [2.24, 2.45) is 0 Å². The first kappa shape index (κ1) is 15.0. The van der Waals surface area contributed by atoms with Crippen LogP contribution in [0.25, 0.3) is 0 Å². The standard InChI is InChI=1S/C14H21N3O2S/c1-11(13-4-3-9-20-13)15-14(19)10-16-5-7-17(8-6-16)12(2)18/h3-4,9,11H,5-8,10H2,1-2H3,(H,15,19)/t11-/m1/s1. The normalized spacial score (nSPS) is 17.8. The summed E-state index contributed by atoms with van der Waals surface area (Å²) in [6.07, 6.45) is 0. The first-order valence-corrected chi connectivity index (χ1v) is 7.75. The molecule has 20 heavy (non-hydrogen) atoms. The third-order valence-corrected chi connectivity index (χ3v) is 4.59. The van der Waals surface area contributed by atoms with Crippen LogP contribution in [0.5, 0.6) is 0 Å². The number of amides is 2. The summed E-state index contributed by atoms with van der Waals surface area (Å²) in [6, 6.07) is 4.08. The number of hydrogen-bond acceptors (Lipinski definition) is 4. The number of nitrogens with zero attached hydrogens (tertiary/aromatic N) is 2. The quantitative estimate of drug-likeness (QED) is 0.904. The summed E-state index contributed by atoms with van der Waals surface area (Å²) in [7, 11) is 0. The second kappa shape index (κ2) is 6.85. The van der Waals surface area contributed by atoms with Crippen LogP contribution in [0.3, 0.4) is 0 Å². The second-order valence-electron chi connectivity index (χ2n) is 5.09. The molecule has 5 nitrogen and oxygen atoms in total. The summed E-state index contributed by atoms with van der Waals surface area (Å²) in [6.45, 7) is 6.94. The van der Waals surface area contributed by atoms with E-state index in [0.717, 1.165) is 13.1 Å². The fourth-order valence-electron chi connectivity index (χ4n) is 2.32. The highest BCUT2D eigenvalue weighted by Gasteiger charge is 2.20. The number of rotatable bonds is 4. The Morgan fingerprint density at radius 3 is 2.60 bits per heavy atom. The van der Waals surface area contributed by atoms with Crippen molar-refractivity contribution in [1.82, 2.24) is 15.1 Å². The van der Waals surface area contributed by atoms with Gasteiger partial charge in [0, 0.05) is 38.0 Å². The van der Waals surface area contributed by atoms with Crippen LogP contribution in [0.2, 0.25) is 0 Å². The minimum atomic E-state index is 0.0437. The van der Waals surface area contributed by atoms with E-state index < -0.39 is 0 Å². The number of piperazine rings is 1. The highest BCUT2D eigenvalue weighted by Crippen LogP contribution is 2.17. The van der Waals surface area contributed by atoms with E-state index in [-0.39, 0.29) is 17.9 Å². The van der Waals surface area contributed by atoms with Crippen molar-refractivity contribution in [3.05, 3.63) is 22.4 Å². The average molecular weight is 295 g/mol. The lowest BCUT2D eigenvalue weighted by molar-refractivity contribution is -0.131. The summed E-state index contributed by atoms with van der Waals surface area (Å²) in [5, 5.41) is 5.03. The Hall–Kier alpha value is -1.40. The molecule has 1 aliphatic rings. The topological polar surface area (TPSA) is 52.7 Å². The molecule has 0 unspecified atom stereocenters. The van der Waals surface area contributed by atoms with Crippen molar-refractivity contribution >= 4 is 23.2 Å². The van der Waals surface area contributed by atoms with Crippen LogP contribution in [0.15, 0.2) is 17.5 Å². The highest BCUT2D eigenvalue weighted by atomic mass is 32.1. The second-order valence-corrected chi connectivity index (χ2v) is 6.07. The van der Waals surface area contributed by atoms with Crippen molar-refractivity contribution in [3.8, 4) is 0 Å². The van der Waals surface area contributed by atoms with Gasteiger partial charge in [0.25, 0.3) is 0 Å². The molecule has 0 saturated carbocycles. The van der Waals surface area contributed by atoms with Crippen LogP contribution in [-0.4, -0.2) is 54.3 Å². The summed E-state index contributed by atoms with van der Waals surface area (Å²) < 4.78 is 0. The number of hydrogen-bond donors (Lipinski definition) is 1. The third kappa shape index (κ3) is 4.05. The zero-order chi connectivity index (χ0) is 14.5. The summed E-state index contributed by atoms with van der Waals surface area (Å²) in [5.74, 6) is 0.155. The molecule has 1 aromatic rings. The van der Waals surface area contributed by atoms with E-state index in [1.54, 1.807) is 18.3 Å². The van der Waals surface area contributed by atoms with Crippen molar-refractivity contribution in [2.75, 3.05) is 32.7 Å². The van der Waals surface area contributed by atoms with Crippen LogP contribution < -0.4 is 5.32 Å². The molecule has 1 fully saturated rings. The maximum absolute atomic E-state index is 12.0. The van der Waals surface area contributed by atoms with Crippen molar-refractivity contribution in [3.63, 3.8) is 0 Å². The third-order valence-electron chi connectivity index (χ3n) is 3.53. The molecule has 0 aliphatic carbocycles. The fourth-order valence-corrected chi connectivity index (χ4v) is 3.05. The lowest BCUT2D eigenvalue weighted by atomic mass is 10.2. The molecule has 0 aromatic carbocycles. The molecule has 1 aliphatic heterocycles. The zero-order valence-corrected chi connectivity index (χ0v) is 12.8. The average Bonchev–Trinajstić information content (AvgIpc) is 2.93. The van der Waals surface area contributed by atoms with Gasteiger partial charge in [-0.05, 0) is 18.4 Å². The Morgan fingerprint density at radius 2 is 2.05 bits per heavy atom. The molecule has 2 heterocycles. The summed E-state index contributed by atoms with van der Waals surface area (Å²) >= 11 is 1.65. The molecule has 0 bridgehead atoms. The molecular weight excluding hydrogens is 274 g/mol. The first-order valence-electron chi connectivity index (χ1n) is 6.87. The van der Waals surface area contributed by atoms with Gasteiger partial charge in [-0.25, -0.2) is 0 Å². The van der Waals surface area contributed by atoms with E-state index in [4.69, 9.17) is 0 Å². The van der Waals surface area contributed by atoms with Crippen molar-refractivity contribution in [1.29, 1.82) is 0 Å². The van der Waals surface area contributed by atoms with Gasteiger partial charge in [0.05, 0.1) is 12.6 Å². The van der Waals surface area contributed by atoms with E-state index in [0.29, 0.717) is 19.6 Å². The van der Waals surface area contributed by atoms with Gasteiger partial charge >= 0.3 is 0 Å². The van der Waals surface area contributed by atoms with Crippen LogP contribution >= 0.6 is 11.3 Å². The molecule has 1 aromatic heterocycles. The summed E-state index contributed by atoms with van der Waals surface area (Å²) in [4.78, 5) is 28.3. The SMILES string of the molecule is CC(=O)N1CCN(CC(=O)N[C@H](C)c2cccs2)CC1. The van der Waals surface area contributed by atoms with E-state index in [9.17, 15) is 9.59 Å². The molecule has 1 saturated heterocycles.